The van der Waals surface area contributed by atoms with E-state index in [4.69, 9.17) is 19.9 Å². The Bertz CT molecular complexity index is 1000. The molecule has 1 aliphatic heterocycles. The Morgan fingerprint density at radius 1 is 1.16 bits per heavy atom. The fourth-order valence-electron chi connectivity index (χ4n) is 5.27. The topological polar surface area (TPSA) is 149 Å². The van der Waals surface area contributed by atoms with Gasteiger partial charge in [0.05, 0.1) is 26.2 Å². The maximum absolute atomic E-state index is 13.9. The van der Waals surface area contributed by atoms with Gasteiger partial charge in [-0.1, -0.05) is 37.8 Å². The van der Waals surface area contributed by atoms with Crippen LogP contribution in [-0.2, 0) is 35.1 Å². The van der Waals surface area contributed by atoms with Crippen molar-refractivity contribution < 1.29 is 33.4 Å². The zero-order chi connectivity index (χ0) is 27.9. The summed E-state index contributed by atoms with van der Waals surface area (Å²) in [6.07, 6.45) is 4.49. The SMILES string of the molecule is COCCC(=O)N[C@H](C)C(=O)NC(Cc1ccc(OC)cc1)(C(N)=O)[C@H](CC1CCCC1)C(=O)[C@@]1(C)CO1. The Kier molecular flexibility index (Phi) is 9.89. The summed E-state index contributed by atoms with van der Waals surface area (Å²) in [6.45, 7) is 3.69. The number of carbonyl (C=O) groups is 4. The van der Waals surface area contributed by atoms with Crippen molar-refractivity contribution in [3.8, 4) is 5.75 Å². The van der Waals surface area contributed by atoms with Crippen LogP contribution in [0, 0.1) is 11.8 Å². The monoisotopic (exact) mass is 531 g/mol. The molecule has 4 N–H and O–H groups in total. The second-order valence-electron chi connectivity index (χ2n) is 10.7. The van der Waals surface area contributed by atoms with E-state index in [9.17, 15) is 19.2 Å². The van der Waals surface area contributed by atoms with Gasteiger partial charge in [0.25, 0.3) is 0 Å². The molecular formula is C28H41N3O7. The highest BCUT2D eigenvalue weighted by molar-refractivity contribution is 6.01. The second-order valence-corrected chi connectivity index (χ2v) is 10.7. The van der Waals surface area contributed by atoms with Crippen molar-refractivity contribution in [3.63, 3.8) is 0 Å². The smallest absolute Gasteiger partial charge is 0.244 e. The zero-order valence-corrected chi connectivity index (χ0v) is 22.8. The molecule has 2 aliphatic rings. The number of nitrogens with one attached hydrogen (secondary N) is 2. The first kappa shape index (κ1) is 29.6. The Morgan fingerprint density at radius 2 is 1.79 bits per heavy atom. The molecule has 3 rings (SSSR count). The number of Topliss-reactive ketones (excluding diaryl/α,β-unsaturated/α-hetero) is 1. The van der Waals surface area contributed by atoms with Crippen LogP contribution in [0.1, 0.15) is 57.9 Å². The number of amides is 3. The van der Waals surface area contributed by atoms with Gasteiger partial charge in [0.1, 0.15) is 22.9 Å². The largest absolute Gasteiger partial charge is 0.497 e. The van der Waals surface area contributed by atoms with Crippen molar-refractivity contribution in [1.82, 2.24) is 10.6 Å². The highest BCUT2D eigenvalue weighted by atomic mass is 16.6. The lowest BCUT2D eigenvalue weighted by Gasteiger charge is -2.40. The van der Waals surface area contributed by atoms with Crippen LogP contribution in [0.2, 0.25) is 0 Å². The Labute approximate surface area is 224 Å². The molecule has 0 spiro atoms. The summed E-state index contributed by atoms with van der Waals surface area (Å²) in [4.78, 5) is 53.0. The first-order chi connectivity index (χ1) is 18.0. The second kappa shape index (κ2) is 12.7. The average molecular weight is 532 g/mol. The van der Waals surface area contributed by atoms with Gasteiger partial charge in [-0.3, -0.25) is 19.2 Å². The maximum atomic E-state index is 13.9. The summed E-state index contributed by atoms with van der Waals surface area (Å²) in [7, 11) is 3.03. The number of carbonyl (C=O) groups excluding carboxylic acids is 4. The van der Waals surface area contributed by atoms with Crippen LogP contribution in [-0.4, -0.2) is 68.1 Å². The lowest BCUT2D eigenvalue weighted by atomic mass is 9.69. The van der Waals surface area contributed by atoms with E-state index in [2.05, 4.69) is 10.6 Å². The highest BCUT2D eigenvalue weighted by Crippen LogP contribution is 2.41. The molecule has 3 amide bonds. The van der Waals surface area contributed by atoms with Crippen molar-refractivity contribution in [2.75, 3.05) is 27.4 Å². The van der Waals surface area contributed by atoms with Gasteiger partial charge in [0.15, 0.2) is 5.78 Å². The van der Waals surface area contributed by atoms with E-state index in [-0.39, 0.29) is 43.7 Å². The zero-order valence-electron chi connectivity index (χ0n) is 22.8. The lowest BCUT2D eigenvalue weighted by molar-refractivity contribution is -0.142. The normalized spacial score (nSPS) is 22.1. The summed E-state index contributed by atoms with van der Waals surface area (Å²) >= 11 is 0. The molecule has 10 nitrogen and oxygen atoms in total. The highest BCUT2D eigenvalue weighted by Gasteiger charge is 2.58. The number of benzene rings is 1. The summed E-state index contributed by atoms with van der Waals surface area (Å²) < 4.78 is 15.7. The van der Waals surface area contributed by atoms with Crippen LogP contribution in [0.3, 0.4) is 0 Å². The minimum absolute atomic E-state index is 0.00160. The van der Waals surface area contributed by atoms with Crippen molar-refractivity contribution in [1.29, 1.82) is 0 Å². The van der Waals surface area contributed by atoms with Gasteiger partial charge in [-0.25, -0.2) is 0 Å². The molecule has 0 aromatic heterocycles. The molecule has 1 saturated carbocycles. The van der Waals surface area contributed by atoms with E-state index in [1.165, 1.54) is 14.0 Å². The molecule has 2 fully saturated rings. The van der Waals surface area contributed by atoms with Crippen molar-refractivity contribution in [2.45, 2.75) is 76.0 Å². The molecule has 1 saturated heterocycles. The van der Waals surface area contributed by atoms with Crippen molar-refractivity contribution in [3.05, 3.63) is 29.8 Å². The summed E-state index contributed by atoms with van der Waals surface area (Å²) in [5, 5.41) is 5.49. The van der Waals surface area contributed by atoms with E-state index in [1.807, 2.05) is 0 Å². The Morgan fingerprint density at radius 3 is 2.32 bits per heavy atom. The minimum Gasteiger partial charge on any atom is -0.497 e. The summed E-state index contributed by atoms with van der Waals surface area (Å²) in [6, 6.07) is 6.10. The third kappa shape index (κ3) is 7.11. The molecule has 38 heavy (non-hydrogen) atoms. The number of nitrogens with two attached hydrogens (primary N) is 1. The first-order valence-electron chi connectivity index (χ1n) is 13.3. The van der Waals surface area contributed by atoms with E-state index < -0.39 is 34.9 Å². The molecule has 0 radical (unpaired) electrons. The quantitative estimate of drug-likeness (QED) is 0.292. The fraction of sp³-hybridized carbons (Fsp3) is 0.643. The maximum Gasteiger partial charge on any atom is 0.244 e. The van der Waals surface area contributed by atoms with Crippen LogP contribution in [0.4, 0.5) is 0 Å². The number of methoxy groups -OCH3 is 2. The molecule has 1 heterocycles. The third-order valence-electron chi connectivity index (χ3n) is 7.79. The van der Waals surface area contributed by atoms with E-state index >= 15 is 0 Å². The fourth-order valence-corrected chi connectivity index (χ4v) is 5.27. The van der Waals surface area contributed by atoms with Gasteiger partial charge in [-0.15, -0.1) is 0 Å². The molecule has 4 atom stereocenters. The summed E-state index contributed by atoms with van der Waals surface area (Å²) in [5.74, 6) is -2.07. The van der Waals surface area contributed by atoms with Gasteiger partial charge in [-0.05, 0) is 43.9 Å². The molecule has 210 valence electrons. The van der Waals surface area contributed by atoms with Gasteiger partial charge in [0.2, 0.25) is 17.7 Å². The van der Waals surface area contributed by atoms with E-state index in [0.29, 0.717) is 17.7 Å². The minimum atomic E-state index is -1.73. The molecule has 1 aliphatic carbocycles. The molecule has 10 heteroatoms. The number of hydrogen-bond donors (Lipinski definition) is 3. The molecule has 1 aromatic rings. The summed E-state index contributed by atoms with van der Waals surface area (Å²) in [5.41, 5.74) is 4.04. The lowest BCUT2D eigenvalue weighted by Crippen LogP contribution is -2.68. The van der Waals surface area contributed by atoms with Gasteiger partial charge < -0.3 is 30.6 Å². The Balaban J connectivity index is 2.00. The van der Waals surface area contributed by atoms with Gasteiger partial charge in [-0.2, -0.15) is 0 Å². The van der Waals surface area contributed by atoms with E-state index in [1.54, 1.807) is 38.3 Å². The third-order valence-corrected chi connectivity index (χ3v) is 7.79. The van der Waals surface area contributed by atoms with Crippen molar-refractivity contribution >= 4 is 23.5 Å². The van der Waals surface area contributed by atoms with E-state index in [0.717, 1.165) is 25.7 Å². The van der Waals surface area contributed by atoms with Crippen LogP contribution in [0.15, 0.2) is 24.3 Å². The number of ketones is 1. The average Bonchev–Trinajstić information content (AvgIpc) is 3.43. The number of hydrogen-bond acceptors (Lipinski definition) is 7. The molecular weight excluding hydrogens is 490 g/mol. The Hall–Kier alpha value is -2.98. The number of epoxide rings is 1. The molecule has 1 aromatic carbocycles. The van der Waals surface area contributed by atoms with Crippen molar-refractivity contribution in [2.24, 2.45) is 17.6 Å². The first-order valence-corrected chi connectivity index (χ1v) is 13.3. The van der Waals surface area contributed by atoms with Crippen LogP contribution in [0.5, 0.6) is 5.75 Å². The predicted octanol–water partition coefficient (Wildman–Crippen LogP) is 1.67. The van der Waals surface area contributed by atoms with Crippen LogP contribution in [0.25, 0.3) is 0 Å². The van der Waals surface area contributed by atoms with Crippen LogP contribution < -0.4 is 21.1 Å². The standard InChI is InChI=1S/C28H41N3O7/c1-18(30-23(32)13-14-36-3)25(34)31-28(26(29)35,16-20-9-11-21(37-4)12-10-20)22(15-19-7-5-6-8-19)24(33)27(2)17-38-27/h9-12,18-19,22H,5-8,13-17H2,1-4H3,(H2,29,35)(H,30,32)(H,31,34)/t18-,22-,27-,28?/m1/s1. The van der Waals surface area contributed by atoms with Gasteiger partial charge in [0, 0.05) is 20.0 Å². The predicted molar refractivity (Wildman–Crippen MR) is 140 cm³/mol. The van der Waals surface area contributed by atoms with Crippen LogP contribution >= 0.6 is 0 Å². The van der Waals surface area contributed by atoms with Gasteiger partial charge >= 0.3 is 0 Å². The number of primary amides is 1. The number of rotatable bonds is 15. The molecule has 0 bridgehead atoms. The number of ether oxygens (including phenoxy) is 3. The molecule has 1 unspecified atom stereocenters.